The maximum atomic E-state index is 12.8. The van der Waals surface area contributed by atoms with Crippen molar-refractivity contribution in [2.45, 2.75) is 33.6 Å². The Kier molecular flexibility index (Phi) is 4.11. The highest BCUT2D eigenvalue weighted by molar-refractivity contribution is 6.03. The summed E-state index contributed by atoms with van der Waals surface area (Å²) in [4.78, 5) is 12.8. The Morgan fingerprint density at radius 1 is 1.04 bits per heavy atom. The lowest BCUT2D eigenvalue weighted by Gasteiger charge is -2.19. The second kappa shape index (κ2) is 6.45. The Bertz CT molecular complexity index is 952. The molecule has 0 spiro atoms. The van der Waals surface area contributed by atoms with Crippen molar-refractivity contribution in [3.63, 3.8) is 0 Å². The maximum Gasteiger partial charge on any atom is 0.168 e. The number of nitrogens with one attached hydrogen (secondary N) is 1. The van der Waals surface area contributed by atoms with Gasteiger partial charge in [0.2, 0.25) is 0 Å². The molecule has 3 aromatic rings. The van der Waals surface area contributed by atoms with Crippen molar-refractivity contribution >= 4 is 17.3 Å². The highest BCUT2D eigenvalue weighted by Crippen LogP contribution is 2.34. The van der Waals surface area contributed by atoms with Crippen LogP contribution in [-0.4, -0.2) is 15.6 Å². The molecule has 0 radical (unpaired) electrons. The molecule has 1 aromatic heterocycles. The van der Waals surface area contributed by atoms with Crippen LogP contribution in [0.4, 0.5) is 11.5 Å². The SMILES string of the molecule is Cc1cc(C)cc(Nc2nn(-c3ccccc3)c3c2C(=O)C[C@H](C)C3)c1. The van der Waals surface area contributed by atoms with Crippen LogP contribution in [0.5, 0.6) is 0 Å². The Balaban J connectivity index is 1.83. The van der Waals surface area contributed by atoms with E-state index in [-0.39, 0.29) is 5.78 Å². The van der Waals surface area contributed by atoms with Gasteiger partial charge in [0.1, 0.15) is 0 Å². The number of carbonyl (C=O) groups excluding carboxylic acids is 1. The fourth-order valence-electron chi connectivity index (χ4n) is 3.81. The number of aromatic nitrogens is 2. The summed E-state index contributed by atoms with van der Waals surface area (Å²) in [5.74, 6) is 1.17. The van der Waals surface area contributed by atoms with E-state index in [0.29, 0.717) is 18.2 Å². The molecule has 0 amide bonds. The highest BCUT2D eigenvalue weighted by atomic mass is 16.1. The van der Waals surface area contributed by atoms with Gasteiger partial charge in [-0.3, -0.25) is 4.79 Å². The molecule has 0 fully saturated rings. The number of anilines is 2. The van der Waals surface area contributed by atoms with Crippen LogP contribution in [0.1, 0.15) is 40.5 Å². The topological polar surface area (TPSA) is 46.9 Å². The van der Waals surface area contributed by atoms with Crippen molar-refractivity contribution in [1.29, 1.82) is 0 Å². The van der Waals surface area contributed by atoms with E-state index in [1.807, 2.05) is 35.0 Å². The molecule has 1 aliphatic carbocycles. The van der Waals surface area contributed by atoms with Crippen molar-refractivity contribution in [1.82, 2.24) is 9.78 Å². The van der Waals surface area contributed by atoms with Crippen molar-refractivity contribution in [3.8, 4) is 5.69 Å². The largest absolute Gasteiger partial charge is 0.338 e. The summed E-state index contributed by atoms with van der Waals surface area (Å²) in [6, 6.07) is 16.3. The van der Waals surface area contributed by atoms with Crippen LogP contribution >= 0.6 is 0 Å². The molecule has 132 valence electrons. The van der Waals surface area contributed by atoms with Crippen LogP contribution in [0.25, 0.3) is 5.69 Å². The molecule has 4 rings (SSSR count). The second-order valence-corrected chi connectivity index (χ2v) is 7.36. The first kappa shape index (κ1) is 16.6. The zero-order valence-corrected chi connectivity index (χ0v) is 15.4. The van der Waals surface area contributed by atoms with Crippen LogP contribution in [0.3, 0.4) is 0 Å². The van der Waals surface area contributed by atoms with Gasteiger partial charge in [0.25, 0.3) is 0 Å². The number of carbonyl (C=O) groups is 1. The van der Waals surface area contributed by atoms with E-state index in [9.17, 15) is 4.79 Å². The van der Waals surface area contributed by atoms with Gasteiger partial charge in [-0.05, 0) is 61.6 Å². The minimum atomic E-state index is 0.174. The van der Waals surface area contributed by atoms with E-state index in [4.69, 9.17) is 5.10 Å². The van der Waals surface area contributed by atoms with Gasteiger partial charge in [0.15, 0.2) is 11.6 Å². The van der Waals surface area contributed by atoms with Crippen LogP contribution in [0.15, 0.2) is 48.5 Å². The molecule has 26 heavy (non-hydrogen) atoms. The predicted octanol–water partition coefficient (Wildman–Crippen LogP) is 5.00. The molecule has 1 atom stereocenters. The minimum absolute atomic E-state index is 0.174. The first-order valence-corrected chi connectivity index (χ1v) is 9.07. The van der Waals surface area contributed by atoms with Gasteiger partial charge in [-0.2, -0.15) is 0 Å². The smallest absolute Gasteiger partial charge is 0.168 e. The molecule has 0 saturated carbocycles. The molecule has 1 aliphatic rings. The van der Waals surface area contributed by atoms with Gasteiger partial charge in [-0.1, -0.05) is 31.2 Å². The third kappa shape index (κ3) is 3.03. The molecule has 0 saturated heterocycles. The molecule has 1 heterocycles. The molecule has 0 aliphatic heterocycles. The predicted molar refractivity (Wildman–Crippen MR) is 105 cm³/mol. The molecule has 2 aromatic carbocycles. The lowest BCUT2D eigenvalue weighted by molar-refractivity contribution is 0.0953. The van der Waals surface area contributed by atoms with E-state index >= 15 is 0 Å². The summed E-state index contributed by atoms with van der Waals surface area (Å²) < 4.78 is 1.92. The summed E-state index contributed by atoms with van der Waals surface area (Å²) in [6.45, 7) is 6.27. The average molecular weight is 345 g/mol. The Labute approximate surface area is 153 Å². The minimum Gasteiger partial charge on any atom is -0.338 e. The van der Waals surface area contributed by atoms with Crippen LogP contribution in [-0.2, 0) is 6.42 Å². The molecular weight excluding hydrogens is 322 g/mol. The lowest BCUT2D eigenvalue weighted by atomic mass is 9.87. The van der Waals surface area contributed by atoms with Crippen molar-refractivity contribution in [2.75, 3.05) is 5.32 Å². The monoisotopic (exact) mass is 345 g/mol. The Morgan fingerprint density at radius 3 is 2.42 bits per heavy atom. The molecule has 1 N–H and O–H groups in total. The van der Waals surface area contributed by atoms with Crippen molar-refractivity contribution in [2.24, 2.45) is 5.92 Å². The zero-order chi connectivity index (χ0) is 18.3. The number of para-hydroxylation sites is 1. The van der Waals surface area contributed by atoms with Gasteiger partial charge >= 0.3 is 0 Å². The fraction of sp³-hybridized carbons (Fsp3) is 0.273. The standard InChI is InChI=1S/C22H23N3O/c1-14-9-15(2)11-17(10-14)23-22-21-19(12-16(3)13-20(21)26)25(24-22)18-7-5-4-6-8-18/h4-11,16H,12-13H2,1-3H3,(H,23,24)/t16-/m1/s1. The summed E-state index contributed by atoms with van der Waals surface area (Å²) >= 11 is 0. The van der Waals surface area contributed by atoms with E-state index < -0.39 is 0 Å². The average Bonchev–Trinajstić information content (AvgIpc) is 2.93. The third-order valence-corrected chi connectivity index (χ3v) is 4.82. The van der Waals surface area contributed by atoms with Gasteiger partial charge in [-0.15, -0.1) is 5.10 Å². The fourth-order valence-corrected chi connectivity index (χ4v) is 3.81. The molecule has 4 heteroatoms. The number of benzene rings is 2. The third-order valence-electron chi connectivity index (χ3n) is 4.82. The Hall–Kier alpha value is -2.88. The van der Waals surface area contributed by atoms with Gasteiger partial charge in [0.05, 0.1) is 16.9 Å². The Morgan fingerprint density at radius 2 is 1.73 bits per heavy atom. The number of nitrogens with zero attached hydrogens (tertiary/aromatic N) is 2. The van der Waals surface area contributed by atoms with E-state index in [0.717, 1.165) is 29.1 Å². The number of hydrogen-bond acceptors (Lipinski definition) is 3. The molecule has 0 unspecified atom stereocenters. The molecule has 4 nitrogen and oxygen atoms in total. The highest BCUT2D eigenvalue weighted by Gasteiger charge is 2.31. The number of fused-ring (bicyclic) bond motifs is 1. The van der Waals surface area contributed by atoms with E-state index in [1.54, 1.807) is 0 Å². The molecular formula is C22H23N3O. The lowest BCUT2D eigenvalue weighted by Crippen LogP contribution is -2.19. The summed E-state index contributed by atoms with van der Waals surface area (Å²) in [5, 5.41) is 8.18. The number of hydrogen-bond donors (Lipinski definition) is 1. The van der Waals surface area contributed by atoms with Gasteiger partial charge in [0, 0.05) is 12.1 Å². The quantitative estimate of drug-likeness (QED) is 0.727. The van der Waals surface area contributed by atoms with E-state index in [1.165, 1.54) is 11.1 Å². The number of Topliss-reactive ketones (excluding diaryl/α,β-unsaturated/α-hetero) is 1. The number of rotatable bonds is 3. The molecule has 0 bridgehead atoms. The van der Waals surface area contributed by atoms with Crippen LogP contribution in [0, 0.1) is 19.8 Å². The first-order valence-electron chi connectivity index (χ1n) is 9.07. The summed E-state index contributed by atoms with van der Waals surface area (Å²) in [6.07, 6.45) is 1.44. The second-order valence-electron chi connectivity index (χ2n) is 7.36. The van der Waals surface area contributed by atoms with Crippen LogP contribution in [0.2, 0.25) is 0 Å². The van der Waals surface area contributed by atoms with Gasteiger partial charge in [-0.25, -0.2) is 4.68 Å². The van der Waals surface area contributed by atoms with E-state index in [2.05, 4.69) is 44.3 Å². The number of aryl methyl sites for hydroxylation is 2. The first-order chi connectivity index (χ1) is 12.5. The summed E-state index contributed by atoms with van der Waals surface area (Å²) in [7, 11) is 0. The maximum absolute atomic E-state index is 12.8. The summed E-state index contributed by atoms with van der Waals surface area (Å²) in [5.41, 5.74) is 6.07. The zero-order valence-electron chi connectivity index (χ0n) is 15.4. The van der Waals surface area contributed by atoms with Gasteiger partial charge < -0.3 is 5.32 Å². The normalized spacial score (nSPS) is 16.4. The van der Waals surface area contributed by atoms with Crippen LogP contribution < -0.4 is 5.32 Å². The van der Waals surface area contributed by atoms with Crippen molar-refractivity contribution in [3.05, 3.63) is 70.9 Å². The van der Waals surface area contributed by atoms with Crippen molar-refractivity contribution < 1.29 is 4.79 Å². The number of ketones is 1.